The molecule has 2 aromatic rings. The van der Waals surface area contributed by atoms with Crippen molar-refractivity contribution in [2.75, 3.05) is 26.2 Å². The fourth-order valence-corrected chi connectivity index (χ4v) is 4.73. The molecule has 2 heterocycles. The third-order valence-corrected chi connectivity index (χ3v) is 6.46. The predicted molar refractivity (Wildman–Crippen MR) is 94.2 cm³/mol. The van der Waals surface area contributed by atoms with E-state index in [-0.39, 0.29) is 0 Å². The molecule has 1 fully saturated rings. The molecule has 0 radical (unpaired) electrons. The molecule has 0 unspecified atom stereocenters. The average molecular weight is 345 g/mol. The summed E-state index contributed by atoms with van der Waals surface area (Å²) in [4.78, 5) is 6.83. The van der Waals surface area contributed by atoms with E-state index < -0.39 is 10.0 Å². The van der Waals surface area contributed by atoms with Crippen LogP contribution in [0.15, 0.2) is 47.6 Å². The molecule has 1 aliphatic heterocycles. The highest BCUT2D eigenvalue weighted by atomic mass is 32.2. The fraction of sp³-hybridized carbons (Fsp3) is 0.389. The Morgan fingerprint density at radius 1 is 1.08 bits per heavy atom. The van der Waals surface area contributed by atoms with Gasteiger partial charge >= 0.3 is 0 Å². The third kappa shape index (κ3) is 3.66. The van der Waals surface area contributed by atoms with E-state index in [0.29, 0.717) is 18.0 Å². The summed E-state index contributed by atoms with van der Waals surface area (Å²) in [5.74, 6) is 0. The minimum atomic E-state index is -3.42. The molecule has 0 spiro atoms. The Morgan fingerprint density at radius 3 is 2.50 bits per heavy atom. The first-order valence-corrected chi connectivity index (χ1v) is 9.59. The largest absolute Gasteiger partial charge is 0.296 e. The predicted octanol–water partition coefficient (Wildman–Crippen LogP) is 2.20. The van der Waals surface area contributed by atoms with Gasteiger partial charge in [0.05, 0.1) is 4.90 Å². The van der Waals surface area contributed by atoms with Gasteiger partial charge in [-0.3, -0.25) is 9.88 Å². The zero-order valence-corrected chi connectivity index (χ0v) is 15.0. The van der Waals surface area contributed by atoms with Crippen LogP contribution >= 0.6 is 0 Å². The van der Waals surface area contributed by atoms with Crippen LogP contribution < -0.4 is 0 Å². The van der Waals surface area contributed by atoms with Crippen LogP contribution in [0.5, 0.6) is 0 Å². The van der Waals surface area contributed by atoms with Crippen molar-refractivity contribution in [3.63, 3.8) is 0 Å². The molecule has 6 heteroatoms. The minimum absolute atomic E-state index is 0.434. The van der Waals surface area contributed by atoms with Crippen molar-refractivity contribution in [1.29, 1.82) is 0 Å². The first kappa shape index (κ1) is 17.1. The fourth-order valence-electron chi connectivity index (χ4n) is 3.00. The normalized spacial score (nSPS) is 17.1. The topological polar surface area (TPSA) is 53.5 Å². The van der Waals surface area contributed by atoms with Gasteiger partial charge in [-0.15, -0.1) is 0 Å². The average Bonchev–Trinajstić information content (AvgIpc) is 2.58. The van der Waals surface area contributed by atoms with Gasteiger partial charge in [0.15, 0.2) is 0 Å². The number of rotatable bonds is 4. The second-order valence-electron chi connectivity index (χ2n) is 6.31. The molecule has 0 N–H and O–H groups in total. The molecule has 0 aliphatic carbocycles. The molecular weight excluding hydrogens is 322 g/mol. The monoisotopic (exact) mass is 345 g/mol. The van der Waals surface area contributed by atoms with E-state index in [2.05, 4.69) is 9.88 Å². The van der Waals surface area contributed by atoms with Crippen LogP contribution in [-0.4, -0.2) is 48.8 Å². The number of piperazine rings is 1. The number of benzene rings is 1. The Bertz CT molecular complexity index is 798. The smallest absolute Gasteiger partial charge is 0.243 e. The lowest BCUT2D eigenvalue weighted by Gasteiger charge is -2.34. The molecule has 0 amide bonds. The highest BCUT2D eigenvalue weighted by Gasteiger charge is 2.29. The van der Waals surface area contributed by atoms with E-state index in [1.807, 2.05) is 44.3 Å². The Balaban J connectivity index is 1.68. The van der Waals surface area contributed by atoms with Crippen molar-refractivity contribution in [2.24, 2.45) is 0 Å². The molecule has 3 rings (SSSR count). The number of nitrogens with zero attached hydrogens (tertiary/aromatic N) is 3. The molecule has 1 saturated heterocycles. The Labute approximate surface area is 144 Å². The Kier molecular flexibility index (Phi) is 4.99. The van der Waals surface area contributed by atoms with E-state index in [4.69, 9.17) is 0 Å². The minimum Gasteiger partial charge on any atom is -0.296 e. The van der Waals surface area contributed by atoms with Gasteiger partial charge in [0, 0.05) is 45.1 Å². The number of aromatic nitrogens is 1. The maximum Gasteiger partial charge on any atom is 0.243 e. The van der Waals surface area contributed by atoms with Crippen LogP contribution in [0.4, 0.5) is 0 Å². The van der Waals surface area contributed by atoms with E-state index >= 15 is 0 Å². The number of hydrogen-bond acceptors (Lipinski definition) is 4. The first-order chi connectivity index (χ1) is 11.5. The molecule has 1 aromatic heterocycles. The van der Waals surface area contributed by atoms with Gasteiger partial charge in [0.2, 0.25) is 10.0 Å². The highest BCUT2D eigenvalue weighted by Crippen LogP contribution is 2.22. The lowest BCUT2D eigenvalue weighted by atomic mass is 10.2. The van der Waals surface area contributed by atoms with Crippen molar-refractivity contribution in [2.45, 2.75) is 25.3 Å². The number of hydrogen-bond donors (Lipinski definition) is 0. The van der Waals surface area contributed by atoms with Gasteiger partial charge in [0.25, 0.3) is 0 Å². The van der Waals surface area contributed by atoms with Gasteiger partial charge in [-0.25, -0.2) is 8.42 Å². The highest BCUT2D eigenvalue weighted by molar-refractivity contribution is 7.89. The summed E-state index contributed by atoms with van der Waals surface area (Å²) >= 11 is 0. The number of pyridine rings is 1. The lowest BCUT2D eigenvalue weighted by molar-refractivity contribution is 0.181. The lowest BCUT2D eigenvalue weighted by Crippen LogP contribution is -2.48. The van der Waals surface area contributed by atoms with Crippen molar-refractivity contribution < 1.29 is 8.42 Å². The number of aryl methyl sites for hydroxylation is 2. The van der Waals surface area contributed by atoms with Crippen molar-refractivity contribution in [1.82, 2.24) is 14.2 Å². The van der Waals surface area contributed by atoms with E-state index in [0.717, 1.165) is 36.3 Å². The summed E-state index contributed by atoms with van der Waals surface area (Å²) in [7, 11) is -3.42. The van der Waals surface area contributed by atoms with Crippen LogP contribution in [0, 0.1) is 13.8 Å². The van der Waals surface area contributed by atoms with E-state index in [9.17, 15) is 8.42 Å². The van der Waals surface area contributed by atoms with Crippen LogP contribution in [0.1, 0.15) is 16.7 Å². The Morgan fingerprint density at radius 2 is 1.83 bits per heavy atom. The van der Waals surface area contributed by atoms with Crippen LogP contribution in [-0.2, 0) is 16.6 Å². The van der Waals surface area contributed by atoms with Gasteiger partial charge in [-0.1, -0.05) is 18.2 Å². The summed E-state index contributed by atoms with van der Waals surface area (Å²) in [6.07, 6.45) is 3.62. The molecule has 128 valence electrons. The van der Waals surface area contributed by atoms with Gasteiger partial charge in [0.1, 0.15) is 0 Å². The van der Waals surface area contributed by atoms with E-state index in [1.165, 1.54) is 0 Å². The molecule has 1 aliphatic rings. The standard InChI is InChI=1S/C18H23N3O2S/c1-15-5-6-16(2)18(12-15)24(22,23)21-10-8-20(9-11-21)14-17-4-3-7-19-13-17/h3-7,12-13H,8-11,14H2,1-2H3. The van der Waals surface area contributed by atoms with Crippen molar-refractivity contribution >= 4 is 10.0 Å². The zero-order chi connectivity index (χ0) is 17.2. The van der Waals surface area contributed by atoms with Crippen molar-refractivity contribution in [3.05, 3.63) is 59.4 Å². The van der Waals surface area contributed by atoms with Crippen LogP contribution in [0.25, 0.3) is 0 Å². The third-order valence-electron chi connectivity index (χ3n) is 4.42. The number of sulfonamides is 1. The van der Waals surface area contributed by atoms with Crippen LogP contribution in [0.2, 0.25) is 0 Å². The van der Waals surface area contributed by atoms with Gasteiger partial charge in [-0.2, -0.15) is 4.31 Å². The molecule has 5 nitrogen and oxygen atoms in total. The summed E-state index contributed by atoms with van der Waals surface area (Å²) < 4.78 is 27.5. The molecule has 0 saturated carbocycles. The molecule has 0 bridgehead atoms. The molecule has 1 aromatic carbocycles. The molecular formula is C18H23N3O2S. The summed E-state index contributed by atoms with van der Waals surface area (Å²) in [6, 6.07) is 9.57. The maximum atomic E-state index is 12.9. The maximum absolute atomic E-state index is 12.9. The summed E-state index contributed by atoms with van der Waals surface area (Å²) in [5, 5.41) is 0. The van der Waals surface area contributed by atoms with Gasteiger partial charge in [-0.05, 0) is 42.7 Å². The van der Waals surface area contributed by atoms with Crippen molar-refractivity contribution in [3.8, 4) is 0 Å². The quantitative estimate of drug-likeness (QED) is 0.852. The SMILES string of the molecule is Cc1ccc(C)c(S(=O)(=O)N2CCN(Cc3cccnc3)CC2)c1. The summed E-state index contributed by atoms with van der Waals surface area (Å²) in [6.45, 7) is 7.10. The Hall–Kier alpha value is -1.76. The molecule has 0 atom stereocenters. The second kappa shape index (κ2) is 7.01. The first-order valence-electron chi connectivity index (χ1n) is 8.15. The van der Waals surface area contributed by atoms with E-state index in [1.54, 1.807) is 16.6 Å². The summed E-state index contributed by atoms with van der Waals surface area (Å²) in [5.41, 5.74) is 2.93. The molecule has 24 heavy (non-hydrogen) atoms. The van der Waals surface area contributed by atoms with Crippen LogP contribution in [0.3, 0.4) is 0 Å². The van der Waals surface area contributed by atoms with Gasteiger partial charge < -0.3 is 0 Å². The zero-order valence-electron chi connectivity index (χ0n) is 14.1. The second-order valence-corrected chi connectivity index (χ2v) is 8.22.